The molecule has 1 aromatic carbocycles. The Balaban J connectivity index is 1.77. The SMILES string of the molecule is COc1nc(-c2cccc(Br)c2C)ccc1CN1CC[C@@H](NC(C)=O)C1. The number of pyridine rings is 1. The molecule has 1 aliphatic rings. The van der Waals surface area contributed by atoms with Crippen molar-refractivity contribution in [2.45, 2.75) is 32.9 Å². The van der Waals surface area contributed by atoms with E-state index in [1.165, 1.54) is 0 Å². The highest BCUT2D eigenvalue weighted by Crippen LogP contribution is 2.30. The second-order valence-electron chi connectivity index (χ2n) is 6.70. The van der Waals surface area contributed by atoms with Gasteiger partial charge in [-0.05, 0) is 31.0 Å². The number of methoxy groups -OCH3 is 1. The van der Waals surface area contributed by atoms with E-state index in [9.17, 15) is 4.79 Å². The fourth-order valence-corrected chi connectivity index (χ4v) is 3.79. The Morgan fingerprint density at radius 2 is 2.19 bits per heavy atom. The normalized spacial score (nSPS) is 17.3. The molecule has 3 rings (SSSR count). The molecule has 2 aromatic rings. The molecule has 26 heavy (non-hydrogen) atoms. The zero-order valence-corrected chi connectivity index (χ0v) is 17.0. The number of likely N-dealkylation sites (tertiary alicyclic amines) is 1. The summed E-state index contributed by atoms with van der Waals surface area (Å²) in [5.41, 5.74) is 4.22. The van der Waals surface area contributed by atoms with Crippen molar-refractivity contribution in [3.63, 3.8) is 0 Å². The van der Waals surface area contributed by atoms with Crippen LogP contribution in [-0.2, 0) is 11.3 Å². The largest absolute Gasteiger partial charge is 0.481 e. The molecule has 1 aliphatic heterocycles. The van der Waals surface area contributed by atoms with Crippen LogP contribution >= 0.6 is 15.9 Å². The van der Waals surface area contributed by atoms with Gasteiger partial charge in [-0.3, -0.25) is 9.69 Å². The van der Waals surface area contributed by atoms with E-state index in [2.05, 4.69) is 45.2 Å². The molecule has 1 saturated heterocycles. The van der Waals surface area contributed by atoms with E-state index in [0.717, 1.165) is 52.9 Å². The van der Waals surface area contributed by atoms with Gasteiger partial charge in [-0.15, -0.1) is 0 Å². The maximum absolute atomic E-state index is 11.2. The van der Waals surface area contributed by atoms with Crippen molar-refractivity contribution >= 4 is 21.8 Å². The second kappa shape index (κ2) is 8.18. The van der Waals surface area contributed by atoms with E-state index in [4.69, 9.17) is 9.72 Å². The molecule has 0 bridgehead atoms. The molecule has 0 aliphatic carbocycles. The van der Waals surface area contributed by atoms with Gasteiger partial charge in [0.15, 0.2) is 0 Å². The van der Waals surface area contributed by atoms with Crippen LogP contribution in [0, 0.1) is 6.92 Å². The first-order chi connectivity index (χ1) is 12.5. The fourth-order valence-electron chi connectivity index (χ4n) is 3.42. The molecule has 1 aromatic heterocycles. The fraction of sp³-hybridized carbons (Fsp3) is 0.400. The molecule has 5 nitrogen and oxygen atoms in total. The lowest BCUT2D eigenvalue weighted by atomic mass is 10.0. The average molecular weight is 418 g/mol. The van der Waals surface area contributed by atoms with Gasteiger partial charge >= 0.3 is 0 Å². The summed E-state index contributed by atoms with van der Waals surface area (Å²) in [5.74, 6) is 0.690. The topological polar surface area (TPSA) is 54.5 Å². The van der Waals surface area contributed by atoms with Crippen LogP contribution in [0.4, 0.5) is 0 Å². The summed E-state index contributed by atoms with van der Waals surface area (Å²) < 4.78 is 6.63. The van der Waals surface area contributed by atoms with Crippen molar-refractivity contribution in [1.82, 2.24) is 15.2 Å². The van der Waals surface area contributed by atoms with Crippen molar-refractivity contribution in [3.8, 4) is 17.1 Å². The minimum atomic E-state index is 0.0323. The van der Waals surface area contributed by atoms with Crippen LogP contribution in [-0.4, -0.2) is 42.0 Å². The number of nitrogens with zero attached hydrogens (tertiary/aromatic N) is 2. The predicted octanol–water partition coefficient (Wildman–Crippen LogP) is 3.54. The highest BCUT2D eigenvalue weighted by atomic mass is 79.9. The maximum Gasteiger partial charge on any atom is 0.218 e. The molecular weight excluding hydrogens is 394 g/mol. The Labute approximate surface area is 162 Å². The van der Waals surface area contributed by atoms with Crippen LogP contribution < -0.4 is 10.1 Å². The molecule has 138 valence electrons. The Morgan fingerprint density at radius 3 is 2.92 bits per heavy atom. The molecule has 1 fully saturated rings. The van der Waals surface area contributed by atoms with E-state index < -0.39 is 0 Å². The van der Waals surface area contributed by atoms with Gasteiger partial charge in [-0.2, -0.15) is 0 Å². The Kier molecular flexibility index (Phi) is 5.94. The van der Waals surface area contributed by atoms with Crippen LogP contribution in [0.15, 0.2) is 34.8 Å². The number of nitrogens with one attached hydrogen (secondary N) is 1. The van der Waals surface area contributed by atoms with Gasteiger partial charge in [0.05, 0.1) is 12.8 Å². The third kappa shape index (κ3) is 4.24. The van der Waals surface area contributed by atoms with Crippen LogP contribution in [0.1, 0.15) is 24.5 Å². The summed E-state index contributed by atoms with van der Waals surface area (Å²) in [6.45, 7) is 6.23. The van der Waals surface area contributed by atoms with Gasteiger partial charge in [-0.1, -0.05) is 34.1 Å². The monoisotopic (exact) mass is 417 g/mol. The van der Waals surface area contributed by atoms with Crippen LogP contribution in [0.25, 0.3) is 11.3 Å². The summed E-state index contributed by atoms with van der Waals surface area (Å²) in [6.07, 6.45) is 0.977. The lowest BCUT2D eigenvalue weighted by molar-refractivity contribution is -0.119. The average Bonchev–Trinajstić information content (AvgIpc) is 3.04. The summed E-state index contributed by atoms with van der Waals surface area (Å²) in [7, 11) is 1.66. The molecular formula is C20H24BrN3O2. The van der Waals surface area contributed by atoms with Crippen LogP contribution in [0.3, 0.4) is 0 Å². The van der Waals surface area contributed by atoms with E-state index in [1.54, 1.807) is 14.0 Å². The zero-order chi connectivity index (χ0) is 18.7. The summed E-state index contributed by atoms with van der Waals surface area (Å²) in [6, 6.07) is 10.5. The van der Waals surface area contributed by atoms with Gasteiger partial charge < -0.3 is 10.1 Å². The molecule has 0 radical (unpaired) electrons. The minimum absolute atomic E-state index is 0.0323. The van der Waals surface area contributed by atoms with Gasteiger partial charge in [0, 0.05) is 48.2 Å². The van der Waals surface area contributed by atoms with Gasteiger partial charge in [0.1, 0.15) is 0 Å². The Morgan fingerprint density at radius 1 is 1.38 bits per heavy atom. The highest BCUT2D eigenvalue weighted by molar-refractivity contribution is 9.10. The first-order valence-electron chi connectivity index (χ1n) is 8.76. The second-order valence-corrected chi connectivity index (χ2v) is 7.55. The summed E-state index contributed by atoms with van der Waals surface area (Å²) >= 11 is 3.58. The van der Waals surface area contributed by atoms with Crippen molar-refractivity contribution in [3.05, 3.63) is 45.9 Å². The number of ether oxygens (including phenoxy) is 1. The third-order valence-corrected chi connectivity index (χ3v) is 5.61. The lowest BCUT2D eigenvalue weighted by Crippen LogP contribution is -2.35. The van der Waals surface area contributed by atoms with Gasteiger partial charge in [0.2, 0.25) is 11.8 Å². The maximum atomic E-state index is 11.2. The number of carbonyl (C=O) groups excluding carboxylic acids is 1. The van der Waals surface area contributed by atoms with Crippen LogP contribution in [0.2, 0.25) is 0 Å². The predicted molar refractivity (Wildman–Crippen MR) is 106 cm³/mol. The zero-order valence-electron chi connectivity index (χ0n) is 15.4. The number of amides is 1. The number of aromatic nitrogens is 1. The van der Waals surface area contributed by atoms with Crippen molar-refractivity contribution in [2.24, 2.45) is 0 Å². The first kappa shape index (κ1) is 18.9. The molecule has 1 atom stereocenters. The number of benzene rings is 1. The highest BCUT2D eigenvalue weighted by Gasteiger charge is 2.24. The van der Waals surface area contributed by atoms with Crippen molar-refractivity contribution < 1.29 is 9.53 Å². The molecule has 2 heterocycles. The first-order valence-corrected chi connectivity index (χ1v) is 9.56. The molecule has 0 unspecified atom stereocenters. The van der Waals surface area contributed by atoms with Crippen LogP contribution in [0.5, 0.6) is 5.88 Å². The summed E-state index contributed by atoms with van der Waals surface area (Å²) in [5, 5.41) is 3.00. The Bertz CT molecular complexity index is 810. The number of carbonyl (C=O) groups is 1. The van der Waals surface area contributed by atoms with Crippen molar-refractivity contribution in [2.75, 3.05) is 20.2 Å². The summed E-state index contributed by atoms with van der Waals surface area (Å²) in [4.78, 5) is 18.3. The van der Waals surface area contributed by atoms with E-state index in [1.807, 2.05) is 18.2 Å². The molecule has 1 amide bonds. The number of rotatable bonds is 5. The number of hydrogen-bond donors (Lipinski definition) is 1. The molecule has 0 saturated carbocycles. The molecule has 1 N–H and O–H groups in total. The van der Waals surface area contributed by atoms with Crippen molar-refractivity contribution in [1.29, 1.82) is 0 Å². The number of halogens is 1. The lowest BCUT2D eigenvalue weighted by Gasteiger charge is -2.18. The van der Waals surface area contributed by atoms with Gasteiger partial charge in [-0.25, -0.2) is 4.98 Å². The minimum Gasteiger partial charge on any atom is -0.481 e. The Hall–Kier alpha value is -1.92. The smallest absolute Gasteiger partial charge is 0.218 e. The molecule has 6 heteroatoms. The van der Waals surface area contributed by atoms with E-state index >= 15 is 0 Å². The number of hydrogen-bond acceptors (Lipinski definition) is 4. The van der Waals surface area contributed by atoms with Gasteiger partial charge in [0.25, 0.3) is 0 Å². The third-order valence-electron chi connectivity index (χ3n) is 4.75. The quantitative estimate of drug-likeness (QED) is 0.807. The van der Waals surface area contributed by atoms with E-state index in [-0.39, 0.29) is 11.9 Å². The molecule has 0 spiro atoms. The standard InChI is InChI=1S/C20H24BrN3O2/c1-13-17(5-4-6-18(13)21)19-8-7-15(20(23-19)26-3)11-24-10-9-16(12-24)22-14(2)25/h4-8,16H,9-12H2,1-3H3,(H,22,25)/t16-/m1/s1. The van der Waals surface area contributed by atoms with E-state index in [0.29, 0.717) is 5.88 Å².